The van der Waals surface area contributed by atoms with Gasteiger partial charge in [-0.15, -0.1) is 0 Å². The van der Waals surface area contributed by atoms with Crippen LogP contribution in [-0.4, -0.2) is 36.2 Å². The molecule has 1 amide bonds. The SMILES string of the molecule is CCNC(=O)CNC1CC(O)C1. The van der Waals surface area contributed by atoms with E-state index in [0.717, 1.165) is 12.8 Å². The Morgan fingerprint density at radius 2 is 2.25 bits per heavy atom. The maximum Gasteiger partial charge on any atom is 0.233 e. The van der Waals surface area contributed by atoms with Crippen molar-refractivity contribution in [3.63, 3.8) is 0 Å². The molecule has 0 aromatic heterocycles. The number of hydrogen-bond donors (Lipinski definition) is 3. The van der Waals surface area contributed by atoms with Crippen LogP contribution in [0.15, 0.2) is 0 Å². The van der Waals surface area contributed by atoms with Crippen LogP contribution in [0.5, 0.6) is 0 Å². The number of carbonyl (C=O) groups excluding carboxylic acids is 1. The lowest BCUT2D eigenvalue weighted by Crippen LogP contribution is -2.47. The highest BCUT2D eigenvalue weighted by atomic mass is 16.3. The molecule has 1 aliphatic carbocycles. The van der Waals surface area contributed by atoms with Crippen molar-refractivity contribution in [3.8, 4) is 0 Å². The molecule has 0 saturated heterocycles. The molecule has 12 heavy (non-hydrogen) atoms. The minimum Gasteiger partial charge on any atom is -0.393 e. The van der Waals surface area contributed by atoms with Crippen LogP contribution >= 0.6 is 0 Å². The van der Waals surface area contributed by atoms with E-state index in [1.807, 2.05) is 6.92 Å². The Morgan fingerprint density at radius 3 is 2.75 bits per heavy atom. The van der Waals surface area contributed by atoms with Gasteiger partial charge < -0.3 is 15.7 Å². The van der Waals surface area contributed by atoms with Gasteiger partial charge in [0.2, 0.25) is 5.91 Å². The first-order valence-electron chi connectivity index (χ1n) is 4.40. The second kappa shape index (κ2) is 4.42. The highest BCUT2D eigenvalue weighted by Gasteiger charge is 2.26. The summed E-state index contributed by atoms with van der Waals surface area (Å²) in [6.45, 7) is 2.93. The van der Waals surface area contributed by atoms with Crippen LogP contribution in [0.4, 0.5) is 0 Å². The Bertz CT molecular complexity index is 155. The molecule has 0 aromatic rings. The van der Waals surface area contributed by atoms with Crippen molar-refractivity contribution in [3.05, 3.63) is 0 Å². The van der Waals surface area contributed by atoms with Gasteiger partial charge >= 0.3 is 0 Å². The molecule has 0 atom stereocenters. The van der Waals surface area contributed by atoms with E-state index in [-0.39, 0.29) is 12.0 Å². The summed E-state index contributed by atoms with van der Waals surface area (Å²) < 4.78 is 0. The minimum atomic E-state index is -0.156. The number of nitrogens with one attached hydrogen (secondary N) is 2. The Kier molecular flexibility index (Phi) is 3.49. The molecule has 0 spiro atoms. The van der Waals surface area contributed by atoms with E-state index in [4.69, 9.17) is 5.11 Å². The highest BCUT2D eigenvalue weighted by Crippen LogP contribution is 2.18. The summed E-state index contributed by atoms with van der Waals surface area (Å²) in [4.78, 5) is 10.9. The topological polar surface area (TPSA) is 61.4 Å². The summed E-state index contributed by atoms with van der Waals surface area (Å²) >= 11 is 0. The molecule has 1 rings (SSSR count). The first-order valence-corrected chi connectivity index (χ1v) is 4.40. The molecule has 1 saturated carbocycles. The number of hydrogen-bond acceptors (Lipinski definition) is 3. The average molecular weight is 172 g/mol. The van der Waals surface area contributed by atoms with E-state index in [2.05, 4.69) is 10.6 Å². The largest absolute Gasteiger partial charge is 0.393 e. The van der Waals surface area contributed by atoms with Crippen molar-refractivity contribution < 1.29 is 9.90 Å². The third-order valence-corrected chi connectivity index (χ3v) is 2.04. The van der Waals surface area contributed by atoms with Crippen LogP contribution in [0.1, 0.15) is 19.8 Å². The molecule has 0 bridgehead atoms. The number of aliphatic hydroxyl groups is 1. The Labute approximate surface area is 72.3 Å². The van der Waals surface area contributed by atoms with Gasteiger partial charge in [0, 0.05) is 12.6 Å². The smallest absolute Gasteiger partial charge is 0.233 e. The predicted molar refractivity (Wildman–Crippen MR) is 45.7 cm³/mol. The fourth-order valence-electron chi connectivity index (χ4n) is 1.25. The van der Waals surface area contributed by atoms with Gasteiger partial charge in [-0.25, -0.2) is 0 Å². The van der Waals surface area contributed by atoms with Crippen LogP contribution in [0.2, 0.25) is 0 Å². The summed E-state index contributed by atoms with van der Waals surface area (Å²) in [5.74, 6) is 0.0267. The van der Waals surface area contributed by atoms with Crippen LogP contribution in [-0.2, 0) is 4.79 Å². The predicted octanol–water partition coefficient (Wildman–Crippen LogP) is -0.765. The third-order valence-electron chi connectivity index (χ3n) is 2.04. The zero-order valence-electron chi connectivity index (χ0n) is 7.34. The van der Waals surface area contributed by atoms with Crippen LogP contribution in [0.3, 0.4) is 0 Å². The van der Waals surface area contributed by atoms with E-state index >= 15 is 0 Å². The number of rotatable bonds is 4. The second-order valence-electron chi connectivity index (χ2n) is 3.16. The standard InChI is InChI=1S/C8H16N2O2/c1-2-9-8(12)5-10-6-3-7(11)4-6/h6-7,10-11H,2-5H2,1H3,(H,9,12). The van der Waals surface area contributed by atoms with E-state index in [9.17, 15) is 4.79 Å². The van der Waals surface area contributed by atoms with Crippen LogP contribution in [0, 0.1) is 0 Å². The molecule has 0 aromatic carbocycles. The summed E-state index contributed by atoms with van der Waals surface area (Å²) in [5.41, 5.74) is 0. The van der Waals surface area contributed by atoms with Crippen LogP contribution < -0.4 is 10.6 Å². The zero-order valence-corrected chi connectivity index (χ0v) is 7.34. The highest BCUT2D eigenvalue weighted by molar-refractivity contribution is 5.77. The monoisotopic (exact) mass is 172 g/mol. The lowest BCUT2D eigenvalue weighted by Gasteiger charge is -2.31. The normalized spacial score (nSPS) is 27.8. The molecule has 4 heteroatoms. The molecule has 0 radical (unpaired) electrons. The summed E-state index contributed by atoms with van der Waals surface area (Å²) in [6, 6.07) is 0.336. The number of likely N-dealkylation sites (N-methyl/N-ethyl adjacent to an activating group) is 1. The van der Waals surface area contributed by atoms with Crippen molar-refractivity contribution in [2.45, 2.75) is 31.9 Å². The first-order chi connectivity index (χ1) is 5.72. The van der Waals surface area contributed by atoms with Crippen molar-refractivity contribution in [2.75, 3.05) is 13.1 Å². The Morgan fingerprint density at radius 1 is 1.58 bits per heavy atom. The third kappa shape index (κ3) is 2.79. The maximum atomic E-state index is 10.9. The van der Waals surface area contributed by atoms with Crippen LogP contribution in [0.25, 0.3) is 0 Å². The molecular formula is C8H16N2O2. The molecule has 70 valence electrons. The maximum absolute atomic E-state index is 10.9. The molecule has 4 nitrogen and oxygen atoms in total. The van der Waals surface area contributed by atoms with Crippen molar-refractivity contribution in [1.82, 2.24) is 10.6 Å². The molecule has 0 heterocycles. The number of carbonyl (C=O) groups is 1. The van der Waals surface area contributed by atoms with Gasteiger partial charge in [0.05, 0.1) is 12.6 Å². The van der Waals surface area contributed by atoms with Gasteiger partial charge in [-0.2, -0.15) is 0 Å². The first kappa shape index (κ1) is 9.48. The van der Waals surface area contributed by atoms with Crippen molar-refractivity contribution >= 4 is 5.91 Å². The molecule has 1 aliphatic rings. The molecule has 0 aliphatic heterocycles. The summed E-state index contributed by atoms with van der Waals surface area (Å²) in [7, 11) is 0. The van der Waals surface area contributed by atoms with Gasteiger partial charge in [0.1, 0.15) is 0 Å². The van der Waals surface area contributed by atoms with Gasteiger partial charge in [0.15, 0.2) is 0 Å². The molecule has 1 fully saturated rings. The van der Waals surface area contributed by atoms with Gasteiger partial charge in [-0.3, -0.25) is 4.79 Å². The van der Waals surface area contributed by atoms with E-state index in [1.165, 1.54) is 0 Å². The van der Waals surface area contributed by atoms with E-state index in [0.29, 0.717) is 19.1 Å². The lowest BCUT2D eigenvalue weighted by molar-refractivity contribution is -0.120. The zero-order chi connectivity index (χ0) is 8.97. The number of aliphatic hydroxyl groups excluding tert-OH is 1. The van der Waals surface area contributed by atoms with E-state index in [1.54, 1.807) is 0 Å². The Hall–Kier alpha value is -0.610. The van der Waals surface area contributed by atoms with Crippen molar-refractivity contribution in [2.24, 2.45) is 0 Å². The molecule has 3 N–H and O–H groups in total. The second-order valence-corrected chi connectivity index (χ2v) is 3.16. The fourth-order valence-corrected chi connectivity index (χ4v) is 1.25. The van der Waals surface area contributed by atoms with Crippen molar-refractivity contribution in [1.29, 1.82) is 0 Å². The molecule has 0 unspecified atom stereocenters. The Balaban J connectivity index is 1.98. The summed E-state index contributed by atoms with van der Waals surface area (Å²) in [5, 5.41) is 14.7. The fraction of sp³-hybridized carbons (Fsp3) is 0.875. The van der Waals surface area contributed by atoms with Gasteiger partial charge in [-0.1, -0.05) is 0 Å². The summed E-state index contributed by atoms with van der Waals surface area (Å²) in [6.07, 6.45) is 1.40. The van der Waals surface area contributed by atoms with E-state index < -0.39 is 0 Å². The van der Waals surface area contributed by atoms with Gasteiger partial charge in [-0.05, 0) is 19.8 Å². The lowest BCUT2D eigenvalue weighted by atomic mass is 9.89. The quantitative estimate of drug-likeness (QED) is 0.522. The van der Waals surface area contributed by atoms with Gasteiger partial charge in [0.25, 0.3) is 0 Å². The number of amides is 1. The average Bonchev–Trinajstić information content (AvgIpc) is 1.96. The minimum absolute atomic E-state index is 0.0267. The molecular weight excluding hydrogens is 156 g/mol.